The van der Waals surface area contributed by atoms with E-state index in [0.717, 1.165) is 16.7 Å². The Balaban J connectivity index is 0.000000775. The van der Waals surface area contributed by atoms with Gasteiger partial charge in [-0.1, -0.05) is 30.3 Å². The van der Waals surface area contributed by atoms with E-state index < -0.39 is 18.6 Å². The summed E-state index contributed by atoms with van der Waals surface area (Å²) in [5.74, 6) is -0.149. The van der Waals surface area contributed by atoms with Crippen molar-refractivity contribution in [3.05, 3.63) is 54.4 Å². The van der Waals surface area contributed by atoms with Crippen LogP contribution >= 0.6 is 0 Å². The van der Waals surface area contributed by atoms with Gasteiger partial charge in [0.15, 0.2) is 5.65 Å². The Labute approximate surface area is 183 Å². The molecule has 1 spiro atoms. The molecule has 1 aliphatic heterocycles. The molecule has 1 saturated carbocycles. The second kappa shape index (κ2) is 8.93. The highest BCUT2D eigenvalue weighted by Crippen LogP contribution is 2.69. The zero-order valence-electron chi connectivity index (χ0n) is 17.3. The number of rotatable bonds is 5. The summed E-state index contributed by atoms with van der Waals surface area (Å²) in [5.41, 5.74) is 2.54. The van der Waals surface area contributed by atoms with Gasteiger partial charge in [-0.3, -0.25) is 14.7 Å². The number of carbonyl (C=O) groups is 2. The van der Waals surface area contributed by atoms with E-state index in [1.165, 1.54) is 5.56 Å². The van der Waals surface area contributed by atoms with Crippen LogP contribution in [-0.2, 0) is 9.59 Å². The number of pyridine rings is 1. The number of benzene rings is 1. The Morgan fingerprint density at radius 2 is 2.06 bits per heavy atom. The Bertz CT molecular complexity index is 1090. The third kappa shape index (κ3) is 3.67. The molecule has 0 unspecified atom stereocenters. The molecule has 2 aromatic heterocycles. The highest BCUT2D eigenvalue weighted by atomic mass is 16.3. The first-order valence-electron chi connectivity index (χ1n) is 10.3. The number of carbonyl (C=O) groups excluding carboxylic acids is 1. The Morgan fingerprint density at radius 1 is 1.31 bits per heavy atom. The minimum Gasteiger partial charge on any atom is -0.483 e. The summed E-state index contributed by atoms with van der Waals surface area (Å²) in [6.07, 6.45) is 2.97. The molecule has 2 aliphatic rings. The van der Waals surface area contributed by atoms with E-state index >= 15 is 0 Å². The summed E-state index contributed by atoms with van der Waals surface area (Å²) in [4.78, 5) is 26.5. The number of hydrogen-bond acceptors (Lipinski definition) is 7. The highest BCUT2D eigenvalue weighted by molar-refractivity contribution is 5.89. The van der Waals surface area contributed by atoms with Crippen LogP contribution in [0.5, 0.6) is 0 Å². The number of β-amino-alcohol motifs (C(OH)–C–C–N with tert-alkyl or cyclic N) is 1. The number of aromatic amines is 1. The molecule has 168 valence electrons. The molecule has 4 atom stereocenters. The largest absolute Gasteiger partial charge is 0.483 e. The van der Waals surface area contributed by atoms with E-state index in [1.54, 1.807) is 12.4 Å². The third-order valence-corrected chi connectivity index (χ3v) is 6.53. The monoisotopic (exact) mass is 439 g/mol. The topological polar surface area (TPSA) is 152 Å². The number of H-pyrrole nitrogens is 1. The first kappa shape index (κ1) is 21.7. The van der Waals surface area contributed by atoms with Gasteiger partial charge in [-0.05, 0) is 23.5 Å². The minimum atomic E-state index is -0.529. The molecule has 0 radical (unpaired) electrons. The van der Waals surface area contributed by atoms with E-state index in [9.17, 15) is 9.90 Å². The lowest BCUT2D eigenvalue weighted by Gasteiger charge is -2.19. The number of aromatic nitrogens is 3. The van der Waals surface area contributed by atoms with Crippen molar-refractivity contribution in [3.8, 4) is 0 Å². The normalized spacial score (nSPS) is 25.9. The molecule has 1 amide bonds. The van der Waals surface area contributed by atoms with Crippen LogP contribution < -0.4 is 10.2 Å². The molecule has 2 fully saturated rings. The number of aliphatic hydroxyl groups excluding tert-OH is 2. The van der Waals surface area contributed by atoms with Crippen molar-refractivity contribution in [2.45, 2.75) is 12.0 Å². The molecule has 5 rings (SSSR count). The number of nitrogens with zero attached hydrogens (tertiary/aromatic N) is 3. The number of aliphatic hydroxyl groups is 2. The number of amides is 1. The van der Waals surface area contributed by atoms with E-state index in [-0.39, 0.29) is 23.7 Å². The summed E-state index contributed by atoms with van der Waals surface area (Å²) in [7, 11) is 0. The van der Waals surface area contributed by atoms with Crippen molar-refractivity contribution in [2.75, 3.05) is 31.1 Å². The molecule has 5 N–H and O–H groups in total. The Hall–Kier alpha value is -3.50. The molecule has 10 nitrogen and oxygen atoms in total. The molecule has 1 saturated heterocycles. The van der Waals surface area contributed by atoms with Crippen molar-refractivity contribution < 1.29 is 24.9 Å². The lowest BCUT2D eigenvalue weighted by Crippen LogP contribution is -2.31. The van der Waals surface area contributed by atoms with Gasteiger partial charge in [-0.15, -0.1) is 0 Å². The number of fused-ring (bicyclic) bond motifs is 1. The number of hydrogen-bond donors (Lipinski definition) is 5. The van der Waals surface area contributed by atoms with E-state index in [2.05, 4.69) is 37.5 Å². The van der Waals surface area contributed by atoms with Gasteiger partial charge in [0.05, 0.1) is 23.4 Å². The lowest BCUT2D eigenvalue weighted by atomic mass is 9.95. The van der Waals surface area contributed by atoms with Crippen molar-refractivity contribution in [3.63, 3.8) is 0 Å². The maximum atomic E-state index is 11.6. The number of nitrogens with one attached hydrogen (secondary N) is 2. The summed E-state index contributed by atoms with van der Waals surface area (Å²) in [6, 6.07) is 12.1. The van der Waals surface area contributed by atoms with Gasteiger partial charge in [0, 0.05) is 31.2 Å². The van der Waals surface area contributed by atoms with Gasteiger partial charge in [-0.25, -0.2) is 4.98 Å². The van der Waals surface area contributed by atoms with Gasteiger partial charge in [0.2, 0.25) is 5.91 Å². The van der Waals surface area contributed by atoms with Gasteiger partial charge in [-0.2, -0.15) is 5.10 Å². The van der Waals surface area contributed by atoms with Crippen molar-refractivity contribution >= 4 is 29.1 Å². The molecule has 1 aromatic carbocycles. The fourth-order valence-electron chi connectivity index (χ4n) is 5.18. The SMILES string of the molecule is O=C(CO)NC[C@@H]1[C@@H](c2ccccc2)[C@]12CN(c1ccnc3[nH]ncc13)C[C@@H]2O.O=CO. The smallest absolute Gasteiger partial charge is 0.290 e. The molecule has 3 aromatic rings. The number of carboxylic acid groups (broad SMARTS) is 1. The predicted molar refractivity (Wildman–Crippen MR) is 116 cm³/mol. The fourth-order valence-corrected chi connectivity index (χ4v) is 5.18. The van der Waals surface area contributed by atoms with Gasteiger partial charge in [0.1, 0.15) is 6.61 Å². The predicted octanol–water partition coefficient (Wildman–Crippen LogP) is 0.348. The average molecular weight is 439 g/mol. The van der Waals surface area contributed by atoms with Gasteiger partial charge in [0.25, 0.3) is 6.47 Å². The zero-order chi connectivity index (χ0) is 22.7. The lowest BCUT2D eigenvalue weighted by molar-refractivity contribution is -0.124. The summed E-state index contributed by atoms with van der Waals surface area (Å²) in [6.45, 7) is 0.844. The van der Waals surface area contributed by atoms with Crippen LogP contribution in [0.25, 0.3) is 11.0 Å². The molecular weight excluding hydrogens is 414 g/mol. The molecule has 32 heavy (non-hydrogen) atoms. The van der Waals surface area contributed by atoms with Crippen LogP contribution in [-0.4, -0.2) is 75.2 Å². The van der Waals surface area contributed by atoms with Crippen LogP contribution in [0.15, 0.2) is 48.8 Å². The van der Waals surface area contributed by atoms with Crippen LogP contribution in [0.3, 0.4) is 0 Å². The standard InChI is InChI=1S/C21H23N5O3.CH2O2/c27-11-18(29)23-9-15-19(13-4-2-1-3-5-13)21(15)12-26(10-17(21)28)16-6-7-22-20-14(16)8-24-25-20;2-1-3/h1-8,15,17,19,27-28H,9-12H2,(H,23,29)(H,22,24,25);1H,(H,2,3)/t15-,17+,19-,21-;/m1./s1. The van der Waals surface area contributed by atoms with Crippen molar-refractivity contribution in [1.29, 1.82) is 0 Å². The first-order valence-corrected chi connectivity index (χ1v) is 10.3. The zero-order valence-corrected chi connectivity index (χ0v) is 17.3. The molecule has 0 bridgehead atoms. The van der Waals surface area contributed by atoms with E-state index in [0.29, 0.717) is 19.6 Å². The number of anilines is 1. The first-order chi connectivity index (χ1) is 15.6. The van der Waals surface area contributed by atoms with Crippen LogP contribution in [0.4, 0.5) is 5.69 Å². The molecule has 1 aliphatic carbocycles. The maximum Gasteiger partial charge on any atom is 0.290 e. The second-order valence-corrected chi connectivity index (χ2v) is 8.03. The van der Waals surface area contributed by atoms with Crippen molar-refractivity contribution in [2.24, 2.45) is 11.3 Å². The minimum absolute atomic E-state index is 0.0991. The van der Waals surface area contributed by atoms with Crippen LogP contribution in [0, 0.1) is 11.3 Å². The Morgan fingerprint density at radius 3 is 2.78 bits per heavy atom. The second-order valence-electron chi connectivity index (χ2n) is 8.03. The van der Waals surface area contributed by atoms with E-state index in [4.69, 9.17) is 15.0 Å². The molecular formula is C22H25N5O5. The van der Waals surface area contributed by atoms with Crippen LogP contribution in [0.1, 0.15) is 11.5 Å². The molecule has 10 heteroatoms. The third-order valence-electron chi connectivity index (χ3n) is 6.53. The van der Waals surface area contributed by atoms with Crippen molar-refractivity contribution in [1.82, 2.24) is 20.5 Å². The van der Waals surface area contributed by atoms with Gasteiger partial charge < -0.3 is 25.5 Å². The summed E-state index contributed by atoms with van der Waals surface area (Å²) >= 11 is 0. The quantitative estimate of drug-likeness (QED) is 0.357. The molecule has 3 heterocycles. The van der Waals surface area contributed by atoms with Gasteiger partial charge >= 0.3 is 0 Å². The summed E-state index contributed by atoms with van der Waals surface area (Å²) < 4.78 is 0. The average Bonchev–Trinajstić information content (AvgIpc) is 3.07. The summed E-state index contributed by atoms with van der Waals surface area (Å²) in [5, 5.41) is 37.8. The Kier molecular flexibility index (Phi) is 6.06. The maximum absolute atomic E-state index is 11.6. The van der Waals surface area contributed by atoms with Crippen LogP contribution in [0.2, 0.25) is 0 Å². The highest BCUT2D eigenvalue weighted by Gasteiger charge is 2.71. The fraction of sp³-hybridized carbons (Fsp3) is 0.364. The van der Waals surface area contributed by atoms with E-state index in [1.807, 2.05) is 24.3 Å².